The van der Waals surface area contributed by atoms with Crippen LogP contribution in [0.15, 0.2) is 42.5 Å². The van der Waals surface area contributed by atoms with Crippen LogP contribution in [-0.4, -0.2) is 22.0 Å². The number of fused-ring (bicyclic) bond motifs is 1. The van der Waals surface area contributed by atoms with E-state index < -0.39 is 5.82 Å². The van der Waals surface area contributed by atoms with Gasteiger partial charge >= 0.3 is 0 Å². The molecular weight excluding hydrogens is 293 g/mol. The maximum Gasteiger partial charge on any atom is 0.251 e. The molecule has 1 N–H and O–H groups in total. The molecule has 0 fully saturated rings. The molecule has 0 spiro atoms. The SMILES string of the molecule is Cc1nc2cc(CCNC(=O)c3cccc(F)c3)ccc2n1C. The van der Waals surface area contributed by atoms with Crippen LogP contribution >= 0.6 is 0 Å². The molecule has 0 unspecified atom stereocenters. The predicted octanol–water partition coefficient (Wildman–Crippen LogP) is 2.99. The molecule has 1 heterocycles. The molecule has 0 aliphatic heterocycles. The van der Waals surface area contributed by atoms with Gasteiger partial charge in [-0.05, 0) is 49.2 Å². The summed E-state index contributed by atoms with van der Waals surface area (Å²) in [5.74, 6) is 0.296. The Kier molecular flexibility index (Phi) is 4.10. The minimum absolute atomic E-state index is 0.265. The Hall–Kier alpha value is -2.69. The summed E-state index contributed by atoms with van der Waals surface area (Å²) in [6.07, 6.45) is 0.701. The zero-order valence-corrected chi connectivity index (χ0v) is 13.1. The maximum atomic E-state index is 13.1. The molecule has 0 radical (unpaired) electrons. The first-order chi connectivity index (χ1) is 11.0. The van der Waals surface area contributed by atoms with Gasteiger partial charge in [0, 0.05) is 19.2 Å². The summed E-state index contributed by atoms with van der Waals surface area (Å²) in [7, 11) is 1.99. The van der Waals surface area contributed by atoms with Crippen LogP contribution in [0.2, 0.25) is 0 Å². The Bertz CT molecular complexity index is 870. The molecule has 4 nitrogen and oxygen atoms in total. The number of imidazole rings is 1. The topological polar surface area (TPSA) is 46.9 Å². The number of aromatic nitrogens is 2. The van der Waals surface area contributed by atoms with E-state index in [4.69, 9.17) is 0 Å². The second kappa shape index (κ2) is 6.20. The van der Waals surface area contributed by atoms with E-state index in [1.54, 1.807) is 6.07 Å². The van der Waals surface area contributed by atoms with Crippen molar-refractivity contribution in [2.24, 2.45) is 7.05 Å². The van der Waals surface area contributed by atoms with E-state index in [-0.39, 0.29) is 5.91 Å². The van der Waals surface area contributed by atoms with Crippen molar-refractivity contribution in [2.45, 2.75) is 13.3 Å². The van der Waals surface area contributed by atoms with E-state index in [1.165, 1.54) is 18.2 Å². The molecule has 5 heteroatoms. The van der Waals surface area contributed by atoms with Gasteiger partial charge in [0.15, 0.2) is 0 Å². The zero-order valence-electron chi connectivity index (χ0n) is 13.1. The normalized spacial score (nSPS) is 10.9. The second-order valence-electron chi connectivity index (χ2n) is 5.56. The molecule has 23 heavy (non-hydrogen) atoms. The van der Waals surface area contributed by atoms with E-state index in [2.05, 4.69) is 10.3 Å². The van der Waals surface area contributed by atoms with E-state index in [1.807, 2.05) is 36.7 Å². The van der Waals surface area contributed by atoms with Gasteiger partial charge < -0.3 is 9.88 Å². The number of nitrogens with one attached hydrogen (secondary N) is 1. The molecule has 3 aromatic rings. The Balaban J connectivity index is 1.63. The van der Waals surface area contributed by atoms with Crippen LogP contribution in [0.25, 0.3) is 11.0 Å². The van der Waals surface area contributed by atoms with Crippen molar-refractivity contribution in [3.05, 3.63) is 65.2 Å². The second-order valence-corrected chi connectivity index (χ2v) is 5.56. The highest BCUT2D eigenvalue weighted by molar-refractivity contribution is 5.94. The van der Waals surface area contributed by atoms with Crippen LogP contribution in [0, 0.1) is 12.7 Å². The smallest absolute Gasteiger partial charge is 0.251 e. The molecule has 118 valence electrons. The molecule has 0 aliphatic carbocycles. The Morgan fingerprint density at radius 2 is 2.09 bits per heavy atom. The summed E-state index contributed by atoms with van der Waals surface area (Å²) < 4.78 is 15.2. The molecule has 0 bridgehead atoms. The van der Waals surface area contributed by atoms with Gasteiger partial charge in [-0.2, -0.15) is 0 Å². The van der Waals surface area contributed by atoms with Crippen molar-refractivity contribution in [1.29, 1.82) is 0 Å². The summed E-state index contributed by atoms with van der Waals surface area (Å²) in [6.45, 7) is 2.46. The molecule has 2 aromatic carbocycles. The number of carbonyl (C=O) groups is 1. The minimum atomic E-state index is -0.409. The molecule has 1 aromatic heterocycles. The van der Waals surface area contributed by atoms with Gasteiger partial charge in [-0.3, -0.25) is 4.79 Å². The molecule has 0 aliphatic rings. The summed E-state index contributed by atoms with van der Waals surface area (Å²) in [6, 6.07) is 11.8. The zero-order chi connectivity index (χ0) is 16.4. The number of rotatable bonds is 4. The van der Waals surface area contributed by atoms with Crippen LogP contribution in [0.5, 0.6) is 0 Å². The number of carbonyl (C=O) groups excluding carboxylic acids is 1. The van der Waals surface area contributed by atoms with Crippen molar-refractivity contribution in [3.8, 4) is 0 Å². The average Bonchev–Trinajstić information content (AvgIpc) is 2.81. The standard InChI is InChI=1S/C18H18FN3O/c1-12-21-16-10-13(6-7-17(16)22(12)2)8-9-20-18(23)14-4-3-5-15(19)11-14/h3-7,10-11H,8-9H2,1-2H3,(H,20,23). The van der Waals surface area contributed by atoms with Gasteiger partial charge in [0.2, 0.25) is 0 Å². The lowest BCUT2D eigenvalue weighted by Gasteiger charge is -2.06. The molecule has 3 rings (SSSR count). The van der Waals surface area contributed by atoms with Crippen LogP contribution in [0.4, 0.5) is 4.39 Å². The van der Waals surface area contributed by atoms with Crippen LogP contribution in [0.3, 0.4) is 0 Å². The average molecular weight is 311 g/mol. The molecular formula is C18H18FN3O. The Labute approximate surface area is 134 Å². The third-order valence-electron chi connectivity index (χ3n) is 3.95. The largest absolute Gasteiger partial charge is 0.352 e. The molecule has 0 saturated carbocycles. The lowest BCUT2D eigenvalue weighted by atomic mass is 10.1. The number of halogens is 1. The first-order valence-electron chi connectivity index (χ1n) is 7.50. The fraction of sp³-hybridized carbons (Fsp3) is 0.222. The lowest BCUT2D eigenvalue weighted by Crippen LogP contribution is -2.25. The summed E-state index contributed by atoms with van der Waals surface area (Å²) in [4.78, 5) is 16.5. The predicted molar refractivity (Wildman–Crippen MR) is 87.9 cm³/mol. The fourth-order valence-electron chi connectivity index (χ4n) is 2.57. The van der Waals surface area contributed by atoms with Gasteiger partial charge in [0.1, 0.15) is 11.6 Å². The van der Waals surface area contributed by atoms with Crippen molar-refractivity contribution in [2.75, 3.05) is 6.54 Å². The fourth-order valence-corrected chi connectivity index (χ4v) is 2.57. The molecule has 0 atom stereocenters. The van der Waals surface area contributed by atoms with E-state index >= 15 is 0 Å². The van der Waals surface area contributed by atoms with Crippen molar-refractivity contribution in [3.63, 3.8) is 0 Å². The first kappa shape index (κ1) is 15.2. The maximum absolute atomic E-state index is 13.1. The van der Waals surface area contributed by atoms with Gasteiger partial charge in [-0.1, -0.05) is 12.1 Å². The number of hydrogen-bond donors (Lipinski definition) is 1. The van der Waals surface area contributed by atoms with E-state index in [0.29, 0.717) is 18.5 Å². The summed E-state index contributed by atoms with van der Waals surface area (Å²) in [5, 5.41) is 2.81. The van der Waals surface area contributed by atoms with Crippen molar-refractivity contribution in [1.82, 2.24) is 14.9 Å². The van der Waals surface area contributed by atoms with Gasteiger partial charge in [0.05, 0.1) is 11.0 Å². The number of hydrogen-bond acceptors (Lipinski definition) is 2. The quantitative estimate of drug-likeness (QED) is 0.805. The number of benzene rings is 2. The third kappa shape index (κ3) is 3.23. The van der Waals surface area contributed by atoms with Crippen LogP contribution in [-0.2, 0) is 13.5 Å². The number of aryl methyl sites for hydroxylation is 2. The van der Waals surface area contributed by atoms with Crippen molar-refractivity contribution >= 4 is 16.9 Å². The van der Waals surface area contributed by atoms with E-state index in [0.717, 1.165) is 22.4 Å². The monoisotopic (exact) mass is 311 g/mol. The van der Waals surface area contributed by atoms with Crippen LogP contribution in [0.1, 0.15) is 21.7 Å². The van der Waals surface area contributed by atoms with E-state index in [9.17, 15) is 9.18 Å². The van der Waals surface area contributed by atoms with Crippen LogP contribution < -0.4 is 5.32 Å². The summed E-state index contributed by atoms with van der Waals surface area (Å²) in [5.41, 5.74) is 3.49. The van der Waals surface area contributed by atoms with Crippen molar-refractivity contribution < 1.29 is 9.18 Å². The number of nitrogens with zero attached hydrogens (tertiary/aromatic N) is 2. The molecule has 1 amide bonds. The highest BCUT2D eigenvalue weighted by atomic mass is 19.1. The lowest BCUT2D eigenvalue weighted by molar-refractivity contribution is 0.0953. The minimum Gasteiger partial charge on any atom is -0.352 e. The van der Waals surface area contributed by atoms with Gasteiger partial charge in [-0.15, -0.1) is 0 Å². The number of amides is 1. The van der Waals surface area contributed by atoms with Gasteiger partial charge in [0.25, 0.3) is 5.91 Å². The highest BCUT2D eigenvalue weighted by Gasteiger charge is 2.07. The summed E-state index contributed by atoms with van der Waals surface area (Å²) >= 11 is 0. The molecule has 0 saturated heterocycles. The third-order valence-corrected chi connectivity index (χ3v) is 3.95. The Morgan fingerprint density at radius 1 is 1.26 bits per heavy atom. The Morgan fingerprint density at radius 3 is 2.87 bits per heavy atom. The van der Waals surface area contributed by atoms with Gasteiger partial charge in [-0.25, -0.2) is 9.37 Å². The highest BCUT2D eigenvalue weighted by Crippen LogP contribution is 2.16. The first-order valence-corrected chi connectivity index (χ1v) is 7.50.